The van der Waals surface area contributed by atoms with Crippen molar-refractivity contribution in [2.45, 2.75) is 6.16 Å². The second kappa shape index (κ2) is 5.30. The van der Waals surface area contributed by atoms with Crippen molar-refractivity contribution in [3.8, 4) is 5.75 Å². The highest BCUT2D eigenvalue weighted by Crippen LogP contribution is 2.49. The first kappa shape index (κ1) is 13.0. The molecule has 0 amide bonds. The molecule has 0 atom stereocenters. The van der Waals surface area contributed by atoms with Crippen molar-refractivity contribution in [3.05, 3.63) is 28.3 Å². The Morgan fingerprint density at radius 3 is 2.38 bits per heavy atom. The molecule has 0 radical (unpaired) electrons. The van der Waals surface area contributed by atoms with Gasteiger partial charge >= 0.3 is 7.60 Å². The molecule has 0 unspecified atom stereocenters. The van der Waals surface area contributed by atoms with Crippen LogP contribution in [0.15, 0.2) is 21.5 Å². The minimum atomic E-state index is -3.22. The zero-order chi connectivity index (χ0) is 12.2. The van der Waals surface area contributed by atoms with E-state index in [1.807, 2.05) is 0 Å². The smallest absolute Gasteiger partial charge is 0.337 e. The highest BCUT2D eigenvalue weighted by molar-refractivity contribution is 7.52. The number of methoxy groups -OCH3 is 1. The maximum absolute atomic E-state index is 11.7. The van der Waals surface area contributed by atoms with Gasteiger partial charge in [-0.15, -0.1) is 0 Å². The third-order valence-corrected chi connectivity index (χ3v) is 3.79. The molecular weight excluding hydrogens is 235 g/mol. The van der Waals surface area contributed by atoms with Crippen LogP contribution >= 0.6 is 7.60 Å². The molecule has 0 saturated heterocycles. The van der Waals surface area contributed by atoms with Crippen LogP contribution in [0, 0.1) is 0 Å². The van der Waals surface area contributed by atoms with Gasteiger partial charge < -0.3 is 18.2 Å². The Morgan fingerprint density at radius 2 is 1.94 bits per heavy atom. The number of rotatable bonds is 5. The monoisotopic (exact) mass is 248 g/mol. The first-order valence-electron chi connectivity index (χ1n) is 4.41. The van der Waals surface area contributed by atoms with Gasteiger partial charge in [0.15, 0.2) is 0 Å². The summed E-state index contributed by atoms with van der Waals surface area (Å²) in [5.74, 6) is 0.311. The first-order valence-corrected chi connectivity index (χ1v) is 6.13. The lowest BCUT2D eigenvalue weighted by molar-refractivity contribution is 0.271. The van der Waals surface area contributed by atoms with E-state index < -0.39 is 7.60 Å². The van der Waals surface area contributed by atoms with Crippen molar-refractivity contribution in [2.24, 2.45) is 0 Å². The minimum absolute atomic E-state index is 0.0911. The Morgan fingerprint density at radius 1 is 1.31 bits per heavy atom. The van der Waals surface area contributed by atoms with Crippen LogP contribution in [0.3, 0.4) is 0 Å². The Bertz CT molecular complexity index is 444. The summed E-state index contributed by atoms with van der Waals surface area (Å²) in [4.78, 5) is 11.4. The second-order valence-corrected chi connectivity index (χ2v) is 5.18. The van der Waals surface area contributed by atoms with Crippen LogP contribution in [0.5, 0.6) is 5.75 Å². The molecule has 7 heteroatoms. The highest BCUT2D eigenvalue weighted by Gasteiger charge is 2.23. The molecule has 0 N–H and O–H groups in total. The topological polar surface area (TPSA) is 75.0 Å². The van der Waals surface area contributed by atoms with Gasteiger partial charge in [-0.2, -0.15) is 0 Å². The van der Waals surface area contributed by atoms with E-state index in [0.29, 0.717) is 0 Å². The van der Waals surface area contributed by atoms with Gasteiger partial charge in [-0.05, 0) is 0 Å². The summed E-state index contributed by atoms with van der Waals surface area (Å²) in [5.41, 5.74) is -0.345. The van der Waals surface area contributed by atoms with E-state index in [1.165, 1.54) is 27.4 Å². The van der Waals surface area contributed by atoms with E-state index in [1.54, 1.807) is 0 Å². The summed E-state index contributed by atoms with van der Waals surface area (Å²) in [6, 6.07) is 1.20. The van der Waals surface area contributed by atoms with Gasteiger partial charge in [-0.1, -0.05) is 0 Å². The van der Waals surface area contributed by atoms with Crippen molar-refractivity contribution in [2.75, 3.05) is 21.3 Å². The fraction of sp³-hybridized carbons (Fsp3) is 0.444. The van der Waals surface area contributed by atoms with Crippen LogP contribution in [0.2, 0.25) is 0 Å². The van der Waals surface area contributed by atoms with Gasteiger partial charge in [0.25, 0.3) is 0 Å². The van der Waals surface area contributed by atoms with Gasteiger partial charge in [0, 0.05) is 20.3 Å². The van der Waals surface area contributed by atoms with Crippen LogP contribution in [-0.2, 0) is 19.8 Å². The van der Waals surface area contributed by atoms with Crippen molar-refractivity contribution >= 4 is 7.60 Å². The van der Waals surface area contributed by atoms with Gasteiger partial charge in [-0.3, -0.25) is 9.36 Å². The lowest BCUT2D eigenvalue weighted by Crippen LogP contribution is -2.05. The molecule has 90 valence electrons. The third kappa shape index (κ3) is 2.95. The van der Waals surface area contributed by atoms with E-state index in [4.69, 9.17) is 18.2 Å². The molecule has 0 fully saturated rings. The summed E-state index contributed by atoms with van der Waals surface area (Å²) in [7, 11) is 0.682. The second-order valence-electron chi connectivity index (χ2n) is 2.91. The molecule has 1 heterocycles. The summed E-state index contributed by atoms with van der Waals surface area (Å²) < 4.78 is 31.0. The molecule has 0 spiro atoms. The predicted molar refractivity (Wildman–Crippen MR) is 56.9 cm³/mol. The molecule has 0 aromatic carbocycles. The summed E-state index contributed by atoms with van der Waals surface area (Å²) in [6.45, 7) is 0. The molecule has 0 aliphatic rings. The van der Waals surface area contributed by atoms with E-state index in [2.05, 4.69) is 0 Å². The standard InChI is InChI=1S/C9H13O6P/c1-12-9-5-15-7(4-8(9)10)6-16(11,13-2)14-3/h4-5H,6H2,1-3H3. The predicted octanol–water partition coefficient (Wildman–Crippen LogP) is 1.63. The Hall–Kier alpha value is -1.10. The SMILES string of the molecule is COc1coc(CP(=O)(OC)OC)cc1=O. The maximum atomic E-state index is 11.7. The largest absolute Gasteiger partial charge is 0.490 e. The minimum Gasteiger partial charge on any atom is -0.490 e. The van der Waals surface area contributed by atoms with Crippen LogP contribution in [0.4, 0.5) is 0 Å². The fourth-order valence-corrected chi connectivity index (χ4v) is 2.02. The molecule has 1 aromatic heterocycles. The van der Waals surface area contributed by atoms with Crippen LogP contribution in [-0.4, -0.2) is 21.3 Å². The molecule has 6 nitrogen and oxygen atoms in total. The van der Waals surface area contributed by atoms with E-state index >= 15 is 0 Å². The first-order chi connectivity index (χ1) is 7.54. The normalized spacial score (nSPS) is 11.4. The zero-order valence-corrected chi connectivity index (χ0v) is 10.2. The van der Waals surface area contributed by atoms with Crippen LogP contribution in [0.1, 0.15) is 5.76 Å². The Labute approximate surface area is 92.7 Å². The average Bonchev–Trinajstić information content (AvgIpc) is 2.29. The van der Waals surface area contributed by atoms with Gasteiger partial charge in [-0.25, -0.2) is 0 Å². The number of hydrogen-bond acceptors (Lipinski definition) is 6. The lowest BCUT2D eigenvalue weighted by atomic mass is 10.4. The number of hydrogen-bond donors (Lipinski definition) is 0. The van der Waals surface area contributed by atoms with Crippen molar-refractivity contribution in [1.82, 2.24) is 0 Å². The Balaban J connectivity index is 2.95. The molecule has 0 aliphatic heterocycles. The molecule has 0 aliphatic carbocycles. The number of ether oxygens (including phenoxy) is 1. The summed E-state index contributed by atoms with van der Waals surface area (Å²) in [6.07, 6.45) is 1.06. The van der Waals surface area contributed by atoms with E-state index in [9.17, 15) is 9.36 Å². The van der Waals surface area contributed by atoms with Crippen LogP contribution < -0.4 is 10.2 Å². The van der Waals surface area contributed by atoms with Crippen LogP contribution in [0.25, 0.3) is 0 Å². The molecular formula is C9H13O6P. The average molecular weight is 248 g/mol. The van der Waals surface area contributed by atoms with Crippen molar-refractivity contribution in [3.63, 3.8) is 0 Å². The van der Waals surface area contributed by atoms with E-state index in [-0.39, 0.29) is 23.1 Å². The maximum Gasteiger partial charge on any atom is 0.337 e. The van der Waals surface area contributed by atoms with Gasteiger partial charge in [0.1, 0.15) is 18.2 Å². The molecule has 1 aromatic rings. The van der Waals surface area contributed by atoms with E-state index in [0.717, 1.165) is 6.26 Å². The van der Waals surface area contributed by atoms with Gasteiger partial charge in [0.2, 0.25) is 11.2 Å². The quantitative estimate of drug-likeness (QED) is 0.737. The lowest BCUT2D eigenvalue weighted by Gasteiger charge is -2.12. The Kier molecular flexibility index (Phi) is 4.29. The van der Waals surface area contributed by atoms with Crippen molar-refractivity contribution < 1.29 is 22.8 Å². The highest BCUT2D eigenvalue weighted by atomic mass is 31.2. The molecule has 0 bridgehead atoms. The molecule has 1 rings (SSSR count). The fourth-order valence-electron chi connectivity index (χ4n) is 1.06. The summed E-state index contributed by atoms with van der Waals surface area (Å²) >= 11 is 0. The third-order valence-electron chi connectivity index (χ3n) is 1.98. The summed E-state index contributed by atoms with van der Waals surface area (Å²) in [5, 5.41) is 0. The zero-order valence-electron chi connectivity index (χ0n) is 9.26. The molecule has 16 heavy (non-hydrogen) atoms. The molecule has 0 saturated carbocycles. The van der Waals surface area contributed by atoms with Crippen molar-refractivity contribution in [1.29, 1.82) is 0 Å². The van der Waals surface area contributed by atoms with Gasteiger partial charge in [0.05, 0.1) is 7.11 Å².